The molecule has 0 fully saturated rings. The number of nitrogens with zero attached hydrogens (tertiary/aromatic N) is 1. The second kappa shape index (κ2) is 6.14. The van der Waals surface area contributed by atoms with Crippen molar-refractivity contribution in [1.29, 1.82) is 5.26 Å². The second-order valence-corrected chi connectivity index (χ2v) is 4.68. The number of Topliss-reactive ketones (excluding diaryl/α,β-unsaturated/α-hetero) is 1. The quantitative estimate of drug-likeness (QED) is 0.857. The van der Waals surface area contributed by atoms with Gasteiger partial charge in [0.25, 0.3) is 0 Å². The summed E-state index contributed by atoms with van der Waals surface area (Å²) in [5, 5.41) is 8.84. The zero-order chi connectivity index (χ0) is 15.4. The van der Waals surface area contributed by atoms with Gasteiger partial charge in [-0.3, -0.25) is 4.79 Å². The van der Waals surface area contributed by atoms with E-state index >= 15 is 0 Å². The van der Waals surface area contributed by atoms with Gasteiger partial charge in [0.1, 0.15) is 0 Å². The van der Waals surface area contributed by atoms with Crippen molar-refractivity contribution in [1.82, 2.24) is 4.98 Å². The predicted octanol–water partition coefficient (Wildman–Crippen LogP) is 2.77. The number of carbonyl (C=O) groups is 1. The molecular formula is C16H16N2O3. The average Bonchev–Trinajstić information content (AvgIpc) is 2.83. The van der Waals surface area contributed by atoms with E-state index in [4.69, 9.17) is 14.7 Å². The summed E-state index contributed by atoms with van der Waals surface area (Å²) in [5.74, 6) is 0.766. The van der Waals surface area contributed by atoms with Gasteiger partial charge >= 0.3 is 0 Å². The maximum absolute atomic E-state index is 12.1. The lowest BCUT2D eigenvalue weighted by molar-refractivity contribution is 0.0919. The number of rotatable bonds is 5. The minimum absolute atomic E-state index is 0.0829. The first kappa shape index (κ1) is 14.7. The SMILES string of the molecule is COc1cc(C#N)ccc1OCC(=O)c1cc(C)[nH]c1C. The van der Waals surface area contributed by atoms with E-state index in [0.717, 1.165) is 11.4 Å². The lowest BCUT2D eigenvalue weighted by Gasteiger charge is -2.10. The Balaban J connectivity index is 2.11. The molecule has 5 nitrogen and oxygen atoms in total. The third-order valence-electron chi connectivity index (χ3n) is 3.10. The van der Waals surface area contributed by atoms with Gasteiger partial charge in [0.05, 0.1) is 18.7 Å². The number of aromatic amines is 1. The van der Waals surface area contributed by atoms with Crippen LogP contribution in [0.5, 0.6) is 11.5 Å². The van der Waals surface area contributed by atoms with Crippen LogP contribution in [0.2, 0.25) is 0 Å². The number of ketones is 1. The van der Waals surface area contributed by atoms with Gasteiger partial charge in [0.2, 0.25) is 5.78 Å². The number of carbonyl (C=O) groups excluding carboxylic acids is 1. The van der Waals surface area contributed by atoms with Crippen molar-refractivity contribution < 1.29 is 14.3 Å². The summed E-state index contributed by atoms with van der Waals surface area (Å²) in [6.07, 6.45) is 0. The Morgan fingerprint density at radius 3 is 2.62 bits per heavy atom. The number of benzene rings is 1. The van der Waals surface area contributed by atoms with Gasteiger partial charge in [-0.1, -0.05) is 0 Å². The fourth-order valence-electron chi connectivity index (χ4n) is 2.09. The zero-order valence-electron chi connectivity index (χ0n) is 12.2. The molecule has 1 aromatic heterocycles. The molecule has 0 radical (unpaired) electrons. The van der Waals surface area contributed by atoms with Gasteiger partial charge in [-0.2, -0.15) is 5.26 Å². The number of hydrogen-bond donors (Lipinski definition) is 1. The molecule has 2 aromatic rings. The largest absolute Gasteiger partial charge is 0.493 e. The number of H-pyrrole nitrogens is 1. The van der Waals surface area contributed by atoms with E-state index in [-0.39, 0.29) is 12.4 Å². The summed E-state index contributed by atoms with van der Waals surface area (Å²) in [6.45, 7) is 3.66. The smallest absolute Gasteiger partial charge is 0.202 e. The molecule has 1 N–H and O–H groups in total. The van der Waals surface area contributed by atoms with Crippen molar-refractivity contribution in [3.8, 4) is 17.6 Å². The molecule has 108 valence electrons. The van der Waals surface area contributed by atoms with Crippen LogP contribution in [0, 0.1) is 25.2 Å². The molecule has 2 rings (SSSR count). The van der Waals surface area contributed by atoms with Crippen LogP contribution in [0.4, 0.5) is 0 Å². The molecule has 5 heteroatoms. The van der Waals surface area contributed by atoms with Gasteiger partial charge in [0, 0.05) is 23.0 Å². The number of nitrogens with one attached hydrogen (secondary N) is 1. The summed E-state index contributed by atoms with van der Waals surface area (Å²) in [7, 11) is 1.49. The number of nitriles is 1. The number of aryl methyl sites for hydroxylation is 2. The Morgan fingerprint density at radius 2 is 2.05 bits per heavy atom. The topological polar surface area (TPSA) is 75.1 Å². The maximum atomic E-state index is 12.1. The van der Waals surface area contributed by atoms with E-state index in [1.807, 2.05) is 19.9 Å². The molecule has 0 saturated heterocycles. The zero-order valence-corrected chi connectivity index (χ0v) is 12.2. The van der Waals surface area contributed by atoms with Crippen LogP contribution in [0.1, 0.15) is 27.3 Å². The highest BCUT2D eigenvalue weighted by atomic mass is 16.5. The van der Waals surface area contributed by atoms with Crippen molar-refractivity contribution in [2.24, 2.45) is 0 Å². The first-order valence-electron chi connectivity index (χ1n) is 6.45. The van der Waals surface area contributed by atoms with Crippen LogP contribution in [-0.4, -0.2) is 24.5 Å². The molecule has 0 saturated carbocycles. The first-order chi connectivity index (χ1) is 10.0. The Bertz CT molecular complexity index is 711. The van der Waals surface area contributed by atoms with Crippen molar-refractivity contribution in [2.75, 3.05) is 13.7 Å². The minimum Gasteiger partial charge on any atom is -0.493 e. The van der Waals surface area contributed by atoms with E-state index in [1.54, 1.807) is 24.3 Å². The molecule has 0 aliphatic heterocycles. The molecular weight excluding hydrogens is 268 g/mol. The third-order valence-corrected chi connectivity index (χ3v) is 3.10. The normalized spacial score (nSPS) is 10.0. The standard InChI is InChI=1S/C16H16N2O3/c1-10-6-13(11(2)18-10)14(19)9-21-15-5-4-12(8-17)7-16(15)20-3/h4-7,18H,9H2,1-3H3. The van der Waals surface area contributed by atoms with E-state index in [2.05, 4.69) is 4.98 Å². The molecule has 0 amide bonds. The monoisotopic (exact) mass is 284 g/mol. The summed E-state index contributed by atoms with van der Waals surface area (Å²) in [4.78, 5) is 15.2. The number of aromatic nitrogens is 1. The van der Waals surface area contributed by atoms with Gasteiger partial charge < -0.3 is 14.5 Å². The molecule has 0 bridgehead atoms. The highest BCUT2D eigenvalue weighted by molar-refractivity contribution is 5.98. The highest BCUT2D eigenvalue weighted by Crippen LogP contribution is 2.28. The van der Waals surface area contributed by atoms with Crippen molar-refractivity contribution >= 4 is 5.78 Å². The average molecular weight is 284 g/mol. The van der Waals surface area contributed by atoms with E-state index in [0.29, 0.717) is 22.6 Å². The van der Waals surface area contributed by atoms with Crippen LogP contribution in [0.3, 0.4) is 0 Å². The van der Waals surface area contributed by atoms with Crippen LogP contribution in [-0.2, 0) is 0 Å². The molecule has 0 aliphatic rings. The Kier molecular flexibility index (Phi) is 4.29. The highest BCUT2D eigenvalue weighted by Gasteiger charge is 2.14. The Hall–Kier alpha value is -2.74. The summed E-state index contributed by atoms with van der Waals surface area (Å²) >= 11 is 0. The molecule has 1 heterocycles. The first-order valence-corrected chi connectivity index (χ1v) is 6.45. The van der Waals surface area contributed by atoms with Crippen molar-refractivity contribution in [2.45, 2.75) is 13.8 Å². The molecule has 1 aromatic carbocycles. The van der Waals surface area contributed by atoms with Crippen LogP contribution < -0.4 is 9.47 Å². The van der Waals surface area contributed by atoms with Gasteiger partial charge in [-0.25, -0.2) is 0 Å². The third kappa shape index (κ3) is 3.23. The van der Waals surface area contributed by atoms with Crippen molar-refractivity contribution in [3.05, 3.63) is 46.8 Å². The fourth-order valence-corrected chi connectivity index (χ4v) is 2.09. The van der Waals surface area contributed by atoms with Gasteiger partial charge in [-0.15, -0.1) is 0 Å². The maximum Gasteiger partial charge on any atom is 0.202 e. The summed E-state index contributed by atoms with van der Waals surface area (Å²) in [6, 6.07) is 8.64. The molecule has 0 atom stereocenters. The molecule has 0 aliphatic carbocycles. The van der Waals surface area contributed by atoms with E-state index < -0.39 is 0 Å². The van der Waals surface area contributed by atoms with Crippen LogP contribution >= 0.6 is 0 Å². The van der Waals surface area contributed by atoms with E-state index in [1.165, 1.54) is 7.11 Å². The predicted molar refractivity (Wildman–Crippen MR) is 77.8 cm³/mol. The van der Waals surface area contributed by atoms with Gasteiger partial charge in [-0.05, 0) is 32.0 Å². The number of methoxy groups -OCH3 is 1. The second-order valence-electron chi connectivity index (χ2n) is 4.68. The van der Waals surface area contributed by atoms with E-state index in [9.17, 15) is 4.79 Å². The molecule has 0 unspecified atom stereocenters. The van der Waals surface area contributed by atoms with Crippen LogP contribution in [0.15, 0.2) is 24.3 Å². The number of ether oxygens (including phenoxy) is 2. The lowest BCUT2D eigenvalue weighted by Crippen LogP contribution is -2.12. The molecule has 0 spiro atoms. The van der Waals surface area contributed by atoms with Crippen molar-refractivity contribution in [3.63, 3.8) is 0 Å². The van der Waals surface area contributed by atoms with Crippen LogP contribution in [0.25, 0.3) is 0 Å². The summed E-state index contributed by atoms with van der Waals surface area (Å²) < 4.78 is 10.7. The summed E-state index contributed by atoms with van der Waals surface area (Å²) in [5.41, 5.74) is 2.86. The minimum atomic E-state index is -0.108. The Labute approximate surface area is 123 Å². The fraction of sp³-hybridized carbons (Fsp3) is 0.250. The molecule has 21 heavy (non-hydrogen) atoms. The Morgan fingerprint density at radius 1 is 1.29 bits per heavy atom. The lowest BCUT2D eigenvalue weighted by atomic mass is 10.1. The van der Waals surface area contributed by atoms with Gasteiger partial charge in [0.15, 0.2) is 18.1 Å². The number of hydrogen-bond acceptors (Lipinski definition) is 4.